The minimum absolute atomic E-state index is 0.156. The Morgan fingerprint density at radius 3 is 2.36 bits per heavy atom. The molecule has 1 radical (unpaired) electrons. The molecule has 11 heavy (non-hydrogen) atoms. The van der Waals surface area contributed by atoms with E-state index in [2.05, 4.69) is 0 Å². The molecule has 0 amide bonds. The molecule has 0 saturated heterocycles. The van der Waals surface area contributed by atoms with Gasteiger partial charge in [0.05, 0.1) is 0 Å². The van der Waals surface area contributed by atoms with Crippen LogP contribution in [0.5, 0.6) is 5.75 Å². The van der Waals surface area contributed by atoms with Crippen molar-refractivity contribution >= 4 is 0 Å². The molecule has 1 aromatic rings. The second kappa shape index (κ2) is 3.34. The third kappa shape index (κ3) is 2.55. The van der Waals surface area contributed by atoms with E-state index in [-0.39, 0.29) is 12.1 Å². The average molecular weight is 155 g/mol. The van der Waals surface area contributed by atoms with Crippen LogP contribution in [-0.2, 0) is 0 Å². The summed E-state index contributed by atoms with van der Waals surface area (Å²) in [5.74, 6) is 0.0966. The van der Waals surface area contributed by atoms with E-state index < -0.39 is 0 Å². The SMILES string of the molecule is C[C](O)Oc1ccc(F)cc1. The molecule has 0 heterocycles. The molecule has 0 aliphatic rings. The van der Waals surface area contributed by atoms with Crippen LogP contribution in [0.15, 0.2) is 24.3 Å². The lowest BCUT2D eigenvalue weighted by Crippen LogP contribution is -1.99. The summed E-state index contributed by atoms with van der Waals surface area (Å²) in [6, 6.07) is 5.40. The van der Waals surface area contributed by atoms with E-state index in [1.165, 1.54) is 31.2 Å². The van der Waals surface area contributed by atoms with Crippen LogP contribution in [0.25, 0.3) is 0 Å². The Bertz CT molecular complexity index is 218. The quantitative estimate of drug-likeness (QED) is 0.708. The molecule has 0 bridgehead atoms. The highest BCUT2D eigenvalue weighted by Gasteiger charge is 1.99. The highest BCUT2D eigenvalue weighted by Crippen LogP contribution is 2.13. The lowest BCUT2D eigenvalue weighted by molar-refractivity contribution is 0.114. The number of aliphatic hydroxyl groups excluding tert-OH is 1. The summed E-state index contributed by atoms with van der Waals surface area (Å²) >= 11 is 0. The van der Waals surface area contributed by atoms with Crippen molar-refractivity contribution in [2.75, 3.05) is 0 Å². The molecule has 59 valence electrons. The normalized spacial score (nSPS) is 10.2. The Morgan fingerprint density at radius 1 is 1.36 bits per heavy atom. The maximum Gasteiger partial charge on any atom is 0.270 e. The summed E-state index contributed by atoms with van der Waals surface area (Å²) in [4.78, 5) is 0. The smallest absolute Gasteiger partial charge is 0.270 e. The van der Waals surface area contributed by atoms with Crippen LogP contribution in [-0.4, -0.2) is 5.11 Å². The van der Waals surface area contributed by atoms with Gasteiger partial charge in [0.25, 0.3) is 6.29 Å². The molecular formula is C8H8FO2. The van der Waals surface area contributed by atoms with Crippen LogP contribution in [0, 0.1) is 12.1 Å². The van der Waals surface area contributed by atoms with E-state index >= 15 is 0 Å². The van der Waals surface area contributed by atoms with Gasteiger partial charge in [0.2, 0.25) is 0 Å². The molecule has 0 spiro atoms. The predicted molar refractivity (Wildman–Crippen MR) is 37.9 cm³/mol. The van der Waals surface area contributed by atoms with Gasteiger partial charge in [-0.05, 0) is 24.3 Å². The maximum atomic E-state index is 12.3. The Kier molecular flexibility index (Phi) is 2.44. The van der Waals surface area contributed by atoms with Gasteiger partial charge in [0.1, 0.15) is 11.6 Å². The van der Waals surface area contributed by atoms with E-state index in [1.54, 1.807) is 0 Å². The molecule has 3 heteroatoms. The Labute approximate surface area is 64.2 Å². The zero-order chi connectivity index (χ0) is 8.27. The minimum Gasteiger partial charge on any atom is -0.456 e. The fraction of sp³-hybridized carbons (Fsp3) is 0.125. The zero-order valence-corrected chi connectivity index (χ0v) is 6.04. The third-order valence-electron chi connectivity index (χ3n) is 1.08. The van der Waals surface area contributed by atoms with Gasteiger partial charge in [0.15, 0.2) is 0 Å². The summed E-state index contributed by atoms with van der Waals surface area (Å²) in [6.45, 7) is 1.41. The standard InChI is InChI=1S/C8H8FO2/c1-6(10)11-8-4-2-7(9)3-5-8/h2-5,10H,1H3. The van der Waals surface area contributed by atoms with E-state index in [9.17, 15) is 4.39 Å². The number of benzene rings is 1. The molecule has 0 aliphatic heterocycles. The van der Waals surface area contributed by atoms with E-state index in [1.807, 2.05) is 0 Å². The van der Waals surface area contributed by atoms with Gasteiger partial charge in [-0.1, -0.05) is 0 Å². The Hall–Kier alpha value is -1.09. The van der Waals surface area contributed by atoms with Gasteiger partial charge >= 0.3 is 0 Å². The first-order valence-corrected chi connectivity index (χ1v) is 3.14. The molecule has 0 atom stereocenters. The van der Waals surface area contributed by atoms with E-state index in [0.717, 1.165) is 0 Å². The highest BCUT2D eigenvalue weighted by molar-refractivity contribution is 5.22. The van der Waals surface area contributed by atoms with Crippen molar-refractivity contribution in [2.24, 2.45) is 0 Å². The van der Waals surface area contributed by atoms with Crippen molar-refractivity contribution < 1.29 is 14.2 Å². The lowest BCUT2D eigenvalue weighted by atomic mass is 10.3. The van der Waals surface area contributed by atoms with Crippen LogP contribution in [0.1, 0.15) is 6.92 Å². The number of ether oxygens (including phenoxy) is 1. The van der Waals surface area contributed by atoms with Gasteiger partial charge in [-0.3, -0.25) is 0 Å². The predicted octanol–water partition coefficient (Wildman–Crippen LogP) is 2.09. The third-order valence-corrected chi connectivity index (χ3v) is 1.08. The molecule has 1 rings (SSSR count). The number of hydrogen-bond acceptors (Lipinski definition) is 2. The van der Waals surface area contributed by atoms with Crippen molar-refractivity contribution in [3.63, 3.8) is 0 Å². The number of hydrogen-bond donors (Lipinski definition) is 1. The molecule has 0 aliphatic carbocycles. The number of rotatable bonds is 2. The summed E-state index contributed by atoms with van der Waals surface area (Å²) in [5.41, 5.74) is 0. The molecule has 2 nitrogen and oxygen atoms in total. The highest BCUT2D eigenvalue weighted by atomic mass is 19.1. The summed E-state index contributed by atoms with van der Waals surface area (Å²) in [7, 11) is 0. The van der Waals surface area contributed by atoms with Crippen molar-refractivity contribution in [3.05, 3.63) is 36.4 Å². The first kappa shape index (κ1) is 8.01. The summed E-state index contributed by atoms with van der Waals surface area (Å²) in [6.07, 6.45) is -0.156. The van der Waals surface area contributed by atoms with Crippen molar-refractivity contribution in [1.82, 2.24) is 0 Å². The van der Waals surface area contributed by atoms with Crippen molar-refractivity contribution in [1.29, 1.82) is 0 Å². The van der Waals surface area contributed by atoms with Crippen molar-refractivity contribution in [3.8, 4) is 5.75 Å². The zero-order valence-electron chi connectivity index (χ0n) is 6.04. The summed E-state index contributed by atoms with van der Waals surface area (Å²) in [5, 5.41) is 8.68. The van der Waals surface area contributed by atoms with Crippen LogP contribution in [0.2, 0.25) is 0 Å². The lowest BCUT2D eigenvalue weighted by Gasteiger charge is -2.05. The largest absolute Gasteiger partial charge is 0.456 e. The monoisotopic (exact) mass is 155 g/mol. The van der Waals surface area contributed by atoms with Crippen LogP contribution in [0.3, 0.4) is 0 Å². The van der Waals surface area contributed by atoms with Crippen LogP contribution in [0.4, 0.5) is 4.39 Å². The van der Waals surface area contributed by atoms with Crippen LogP contribution < -0.4 is 4.74 Å². The second-order valence-electron chi connectivity index (χ2n) is 2.08. The topological polar surface area (TPSA) is 29.5 Å². The molecule has 0 fully saturated rings. The fourth-order valence-corrected chi connectivity index (χ4v) is 0.673. The van der Waals surface area contributed by atoms with Gasteiger partial charge in [-0.2, -0.15) is 0 Å². The van der Waals surface area contributed by atoms with Gasteiger partial charge in [0, 0.05) is 6.92 Å². The van der Waals surface area contributed by atoms with Gasteiger partial charge in [-0.25, -0.2) is 4.39 Å². The van der Waals surface area contributed by atoms with Gasteiger partial charge < -0.3 is 9.84 Å². The molecule has 1 aromatic carbocycles. The van der Waals surface area contributed by atoms with E-state index in [0.29, 0.717) is 5.75 Å². The van der Waals surface area contributed by atoms with E-state index in [4.69, 9.17) is 9.84 Å². The Balaban J connectivity index is 2.66. The minimum atomic E-state index is -0.326. The molecule has 0 unspecified atom stereocenters. The average Bonchev–Trinajstić information content (AvgIpc) is 1.93. The van der Waals surface area contributed by atoms with Crippen LogP contribution >= 0.6 is 0 Å². The summed E-state index contributed by atoms with van der Waals surface area (Å²) < 4.78 is 17.1. The maximum absolute atomic E-state index is 12.3. The molecule has 0 aromatic heterocycles. The molecular weight excluding hydrogens is 147 g/mol. The van der Waals surface area contributed by atoms with Crippen molar-refractivity contribution in [2.45, 2.75) is 6.92 Å². The molecule has 0 saturated carbocycles. The second-order valence-corrected chi connectivity index (χ2v) is 2.08. The fourth-order valence-electron chi connectivity index (χ4n) is 0.673. The first-order chi connectivity index (χ1) is 5.18. The molecule has 1 N–H and O–H groups in total. The number of halogens is 1. The van der Waals surface area contributed by atoms with Gasteiger partial charge in [-0.15, -0.1) is 0 Å². The number of aliphatic hydroxyl groups is 1. The first-order valence-electron chi connectivity index (χ1n) is 3.14. The Morgan fingerprint density at radius 2 is 1.91 bits per heavy atom.